The number of benzene rings is 2. The molecule has 0 saturated carbocycles. The predicted octanol–water partition coefficient (Wildman–Crippen LogP) is 3.52. The number of halogens is 2. The lowest BCUT2D eigenvalue weighted by molar-refractivity contribution is 0.576. The predicted molar refractivity (Wildman–Crippen MR) is 70.7 cm³/mol. The van der Waals surface area contributed by atoms with Gasteiger partial charge in [0.2, 0.25) is 0 Å². The minimum absolute atomic E-state index is 0.0867. The zero-order valence-corrected chi connectivity index (χ0v) is 10.2. The standard InChI is InChI=1S/C15H14F2N2/c16-11-6-3-7-12(17)15(11)19-14-8-13(18)9-4-1-2-5-10(9)14/h1-7,13-14,19H,8,18H2. The Morgan fingerprint density at radius 3 is 2.26 bits per heavy atom. The van der Waals surface area contributed by atoms with E-state index < -0.39 is 11.6 Å². The van der Waals surface area contributed by atoms with Crippen molar-refractivity contribution in [1.29, 1.82) is 0 Å². The number of nitrogens with two attached hydrogens (primary N) is 1. The van der Waals surface area contributed by atoms with Gasteiger partial charge in [-0.15, -0.1) is 0 Å². The summed E-state index contributed by atoms with van der Waals surface area (Å²) in [7, 11) is 0. The second-order valence-electron chi connectivity index (χ2n) is 4.76. The van der Waals surface area contributed by atoms with Gasteiger partial charge in [-0.2, -0.15) is 0 Å². The van der Waals surface area contributed by atoms with Crippen molar-refractivity contribution in [3.8, 4) is 0 Å². The number of fused-ring (bicyclic) bond motifs is 1. The number of hydrogen-bond acceptors (Lipinski definition) is 2. The third-order valence-corrected chi connectivity index (χ3v) is 3.54. The van der Waals surface area contributed by atoms with Gasteiger partial charge in [-0.3, -0.25) is 0 Å². The molecule has 4 heteroatoms. The van der Waals surface area contributed by atoms with Crippen molar-refractivity contribution < 1.29 is 8.78 Å². The Balaban J connectivity index is 1.94. The lowest BCUT2D eigenvalue weighted by Gasteiger charge is -2.16. The maximum Gasteiger partial charge on any atom is 0.149 e. The Bertz CT molecular complexity index is 593. The van der Waals surface area contributed by atoms with E-state index in [9.17, 15) is 8.78 Å². The molecule has 1 aliphatic carbocycles. The molecular formula is C15H14F2N2. The summed E-state index contributed by atoms with van der Waals surface area (Å²) < 4.78 is 27.3. The molecule has 2 nitrogen and oxygen atoms in total. The minimum atomic E-state index is -0.585. The highest BCUT2D eigenvalue weighted by Crippen LogP contribution is 2.39. The van der Waals surface area contributed by atoms with E-state index in [4.69, 9.17) is 5.73 Å². The number of anilines is 1. The Kier molecular flexibility index (Phi) is 2.95. The van der Waals surface area contributed by atoms with Gasteiger partial charge in [0.1, 0.15) is 17.3 Å². The molecule has 2 aromatic rings. The summed E-state index contributed by atoms with van der Waals surface area (Å²) in [6, 6.07) is 11.3. The van der Waals surface area contributed by atoms with Gasteiger partial charge in [0, 0.05) is 6.04 Å². The molecule has 0 fully saturated rings. The molecule has 3 N–H and O–H groups in total. The molecule has 0 bridgehead atoms. The summed E-state index contributed by atoms with van der Waals surface area (Å²) in [5.41, 5.74) is 8.00. The molecule has 2 atom stereocenters. The quantitative estimate of drug-likeness (QED) is 0.867. The Hall–Kier alpha value is -1.94. The van der Waals surface area contributed by atoms with Gasteiger partial charge in [0.05, 0.1) is 6.04 Å². The molecule has 0 heterocycles. The SMILES string of the molecule is NC1CC(Nc2c(F)cccc2F)c2ccccc21. The smallest absolute Gasteiger partial charge is 0.149 e. The van der Waals surface area contributed by atoms with Crippen molar-refractivity contribution in [2.45, 2.75) is 18.5 Å². The normalized spacial score (nSPS) is 21.2. The molecule has 0 radical (unpaired) electrons. The second-order valence-corrected chi connectivity index (χ2v) is 4.76. The molecule has 0 aliphatic heterocycles. The van der Waals surface area contributed by atoms with Crippen LogP contribution in [-0.4, -0.2) is 0 Å². The summed E-state index contributed by atoms with van der Waals surface area (Å²) in [4.78, 5) is 0. The minimum Gasteiger partial charge on any atom is -0.373 e. The first-order valence-corrected chi connectivity index (χ1v) is 6.22. The van der Waals surface area contributed by atoms with Crippen LogP contribution in [0.4, 0.5) is 14.5 Å². The maximum absolute atomic E-state index is 13.6. The molecule has 2 aromatic carbocycles. The zero-order chi connectivity index (χ0) is 13.4. The third kappa shape index (κ3) is 2.08. The van der Waals surface area contributed by atoms with Crippen LogP contribution in [0.25, 0.3) is 0 Å². The molecule has 0 aromatic heterocycles. The van der Waals surface area contributed by atoms with Crippen molar-refractivity contribution >= 4 is 5.69 Å². The number of para-hydroxylation sites is 1. The van der Waals surface area contributed by atoms with E-state index in [2.05, 4.69) is 5.32 Å². The van der Waals surface area contributed by atoms with Crippen LogP contribution in [0.1, 0.15) is 29.6 Å². The van der Waals surface area contributed by atoms with Crippen LogP contribution in [0.5, 0.6) is 0 Å². The number of rotatable bonds is 2. The van der Waals surface area contributed by atoms with Gasteiger partial charge in [-0.25, -0.2) is 8.78 Å². The molecule has 0 spiro atoms. The highest BCUT2D eigenvalue weighted by molar-refractivity contribution is 5.51. The maximum atomic E-state index is 13.6. The van der Waals surface area contributed by atoms with Crippen LogP contribution in [-0.2, 0) is 0 Å². The Labute approximate surface area is 110 Å². The van der Waals surface area contributed by atoms with E-state index in [1.54, 1.807) is 0 Å². The molecule has 1 aliphatic rings. The lowest BCUT2D eigenvalue weighted by atomic mass is 10.1. The zero-order valence-electron chi connectivity index (χ0n) is 10.2. The highest BCUT2D eigenvalue weighted by Gasteiger charge is 2.29. The molecule has 0 amide bonds. The van der Waals surface area contributed by atoms with Gasteiger partial charge in [-0.05, 0) is 29.7 Å². The second kappa shape index (κ2) is 4.63. The Morgan fingerprint density at radius 1 is 0.947 bits per heavy atom. The van der Waals surface area contributed by atoms with Gasteiger partial charge >= 0.3 is 0 Å². The topological polar surface area (TPSA) is 38.0 Å². The van der Waals surface area contributed by atoms with Crippen LogP contribution in [0.15, 0.2) is 42.5 Å². The van der Waals surface area contributed by atoms with Gasteiger partial charge in [0.25, 0.3) is 0 Å². The van der Waals surface area contributed by atoms with E-state index in [1.807, 2.05) is 24.3 Å². The summed E-state index contributed by atoms with van der Waals surface area (Å²) in [6.45, 7) is 0. The van der Waals surface area contributed by atoms with Crippen molar-refractivity contribution in [2.75, 3.05) is 5.32 Å². The van der Waals surface area contributed by atoms with E-state index in [0.717, 1.165) is 11.1 Å². The fourth-order valence-corrected chi connectivity index (χ4v) is 2.62. The Morgan fingerprint density at radius 2 is 1.58 bits per heavy atom. The summed E-state index contributed by atoms with van der Waals surface area (Å²) in [5.74, 6) is -1.17. The summed E-state index contributed by atoms with van der Waals surface area (Å²) in [6.07, 6.45) is 0.632. The van der Waals surface area contributed by atoms with Crippen LogP contribution >= 0.6 is 0 Å². The van der Waals surface area contributed by atoms with Crippen molar-refractivity contribution in [2.24, 2.45) is 5.73 Å². The first kappa shape index (κ1) is 12.1. The van der Waals surface area contributed by atoms with E-state index >= 15 is 0 Å². The van der Waals surface area contributed by atoms with Gasteiger partial charge in [0.15, 0.2) is 0 Å². The number of nitrogens with one attached hydrogen (secondary N) is 1. The monoisotopic (exact) mass is 260 g/mol. The van der Waals surface area contributed by atoms with Crippen LogP contribution in [0.2, 0.25) is 0 Å². The molecular weight excluding hydrogens is 246 g/mol. The molecule has 3 rings (SSSR count). The van der Waals surface area contributed by atoms with Crippen molar-refractivity contribution in [3.05, 3.63) is 65.2 Å². The largest absolute Gasteiger partial charge is 0.373 e. The van der Waals surface area contributed by atoms with Gasteiger partial charge in [-0.1, -0.05) is 30.3 Å². The van der Waals surface area contributed by atoms with Crippen LogP contribution < -0.4 is 11.1 Å². The van der Waals surface area contributed by atoms with E-state index in [1.165, 1.54) is 18.2 Å². The molecule has 2 unspecified atom stereocenters. The molecule has 98 valence electrons. The fourth-order valence-electron chi connectivity index (χ4n) is 2.62. The summed E-state index contributed by atoms with van der Waals surface area (Å²) in [5, 5.41) is 2.93. The third-order valence-electron chi connectivity index (χ3n) is 3.54. The fraction of sp³-hybridized carbons (Fsp3) is 0.200. The number of hydrogen-bond donors (Lipinski definition) is 2. The van der Waals surface area contributed by atoms with E-state index in [-0.39, 0.29) is 17.8 Å². The first-order valence-electron chi connectivity index (χ1n) is 6.22. The average molecular weight is 260 g/mol. The van der Waals surface area contributed by atoms with E-state index in [0.29, 0.717) is 6.42 Å². The molecule has 0 saturated heterocycles. The van der Waals surface area contributed by atoms with Crippen molar-refractivity contribution in [3.63, 3.8) is 0 Å². The first-order chi connectivity index (χ1) is 9.16. The van der Waals surface area contributed by atoms with Crippen LogP contribution in [0, 0.1) is 11.6 Å². The average Bonchev–Trinajstić information content (AvgIpc) is 2.72. The van der Waals surface area contributed by atoms with Crippen LogP contribution in [0.3, 0.4) is 0 Å². The lowest BCUT2D eigenvalue weighted by Crippen LogP contribution is -2.12. The van der Waals surface area contributed by atoms with Gasteiger partial charge < -0.3 is 11.1 Å². The molecule has 19 heavy (non-hydrogen) atoms. The summed E-state index contributed by atoms with van der Waals surface area (Å²) >= 11 is 0. The highest BCUT2D eigenvalue weighted by atomic mass is 19.1. The van der Waals surface area contributed by atoms with Crippen molar-refractivity contribution in [1.82, 2.24) is 0 Å².